The van der Waals surface area contributed by atoms with Gasteiger partial charge >= 0.3 is 5.97 Å². The fraction of sp³-hybridized carbons (Fsp3) is 0.812. The van der Waals surface area contributed by atoms with Gasteiger partial charge < -0.3 is 14.2 Å². The molecule has 1 aliphatic rings. The van der Waals surface area contributed by atoms with E-state index in [2.05, 4.69) is 0 Å². The van der Waals surface area contributed by atoms with Gasteiger partial charge in [-0.05, 0) is 41.5 Å². The van der Waals surface area contributed by atoms with Crippen LogP contribution in [-0.2, 0) is 19.0 Å². The van der Waals surface area contributed by atoms with E-state index in [1.54, 1.807) is 0 Å². The molecule has 1 heterocycles. The van der Waals surface area contributed by atoms with E-state index in [1.807, 2.05) is 62.3 Å². The molecule has 0 amide bonds. The molecule has 0 radical (unpaired) electrons. The molecule has 0 aliphatic carbocycles. The molecule has 0 N–H and O–H groups in total. The number of rotatable bonds is 2. The molecule has 1 atom stereocenters. The van der Waals surface area contributed by atoms with Crippen LogP contribution < -0.4 is 0 Å². The summed E-state index contributed by atoms with van der Waals surface area (Å²) in [7, 11) is 0. The second kappa shape index (κ2) is 4.97. The molecule has 0 bridgehead atoms. The number of cyclic esters (lactones) is 1. The molecular weight excluding hydrogens is 256 g/mol. The van der Waals surface area contributed by atoms with Crippen LogP contribution in [0.2, 0.25) is 0 Å². The Morgan fingerprint density at radius 3 is 1.65 bits per heavy atom. The summed E-state index contributed by atoms with van der Waals surface area (Å²) in [6, 6.07) is 0. The minimum absolute atomic E-state index is 0.201. The highest BCUT2D eigenvalue weighted by Gasteiger charge is 2.46. The van der Waals surface area contributed by atoms with Crippen molar-refractivity contribution in [3.63, 3.8) is 0 Å². The molecule has 0 fully saturated rings. The highest BCUT2D eigenvalue weighted by atomic mass is 16.6. The van der Waals surface area contributed by atoms with E-state index in [4.69, 9.17) is 14.2 Å². The first-order chi connectivity index (χ1) is 8.71. The first-order valence-corrected chi connectivity index (χ1v) is 7.04. The number of hydrogen-bond donors (Lipinski definition) is 0. The van der Waals surface area contributed by atoms with E-state index in [0.717, 1.165) is 0 Å². The van der Waals surface area contributed by atoms with Crippen LogP contribution >= 0.6 is 0 Å². The predicted molar refractivity (Wildman–Crippen MR) is 78.0 cm³/mol. The standard InChI is InChI=1S/C16H28O4/c1-14(2,3)12-10(19-15(4,5)6)11(13(17)18-12)20-16(7,8)9/h12H,1-9H3. The lowest BCUT2D eigenvalue weighted by Gasteiger charge is -2.31. The van der Waals surface area contributed by atoms with Crippen molar-refractivity contribution >= 4 is 5.97 Å². The summed E-state index contributed by atoms with van der Waals surface area (Å²) in [4.78, 5) is 12.1. The molecule has 116 valence electrons. The SMILES string of the molecule is CC(C)(C)OC1=C(OC(C)(C)C)C(C(C)(C)C)OC1=O. The zero-order valence-corrected chi connectivity index (χ0v) is 14.2. The van der Waals surface area contributed by atoms with E-state index in [9.17, 15) is 4.79 Å². The molecule has 1 unspecified atom stereocenters. The number of carbonyl (C=O) groups is 1. The molecule has 4 heteroatoms. The van der Waals surface area contributed by atoms with Crippen LogP contribution in [0.25, 0.3) is 0 Å². The molecule has 0 aromatic rings. The summed E-state index contributed by atoms with van der Waals surface area (Å²) >= 11 is 0. The molecular formula is C16H28O4. The molecule has 4 nitrogen and oxygen atoms in total. The molecule has 0 saturated heterocycles. The fourth-order valence-corrected chi connectivity index (χ4v) is 1.83. The van der Waals surface area contributed by atoms with E-state index in [0.29, 0.717) is 5.76 Å². The average molecular weight is 284 g/mol. The topological polar surface area (TPSA) is 44.8 Å². The van der Waals surface area contributed by atoms with Crippen LogP contribution in [0, 0.1) is 5.41 Å². The quantitative estimate of drug-likeness (QED) is 0.723. The van der Waals surface area contributed by atoms with Gasteiger partial charge in [0.25, 0.3) is 0 Å². The fourth-order valence-electron chi connectivity index (χ4n) is 1.83. The molecule has 0 aromatic carbocycles. The van der Waals surface area contributed by atoms with Crippen LogP contribution in [0.4, 0.5) is 0 Å². The lowest BCUT2D eigenvalue weighted by molar-refractivity contribution is -0.149. The number of hydrogen-bond acceptors (Lipinski definition) is 4. The Morgan fingerprint density at radius 2 is 1.30 bits per heavy atom. The summed E-state index contributed by atoms with van der Waals surface area (Å²) in [5.74, 6) is 0.261. The summed E-state index contributed by atoms with van der Waals surface area (Å²) < 4.78 is 17.2. The maximum atomic E-state index is 12.1. The number of carbonyl (C=O) groups excluding carboxylic acids is 1. The maximum absolute atomic E-state index is 12.1. The number of ether oxygens (including phenoxy) is 3. The van der Waals surface area contributed by atoms with Crippen molar-refractivity contribution in [1.82, 2.24) is 0 Å². The summed E-state index contributed by atoms with van der Waals surface area (Å²) in [6.45, 7) is 17.5. The Kier molecular flexibility index (Phi) is 4.19. The Balaban J connectivity index is 3.24. The van der Waals surface area contributed by atoms with Gasteiger partial charge in [-0.3, -0.25) is 0 Å². The molecule has 0 spiro atoms. The zero-order chi connectivity index (χ0) is 15.9. The highest BCUT2D eigenvalue weighted by molar-refractivity contribution is 5.89. The van der Waals surface area contributed by atoms with Gasteiger partial charge in [0, 0.05) is 5.41 Å². The zero-order valence-electron chi connectivity index (χ0n) is 14.2. The van der Waals surface area contributed by atoms with Gasteiger partial charge in [0.1, 0.15) is 11.2 Å². The van der Waals surface area contributed by atoms with Crippen LogP contribution in [0.15, 0.2) is 11.5 Å². The van der Waals surface area contributed by atoms with Gasteiger partial charge in [-0.15, -0.1) is 0 Å². The third-order valence-corrected chi connectivity index (χ3v) is 2.48. The summed E-state index contributed by atoms with van der Waals surface area (Å²) in [6.07, 6.45) is -0.424. The molecule has 1 aliphatic heterocycles. The Hall–Kier alpha value is -1.19. The Morgan fingerprint density at radius 1 is 0.850 bits per heavy atom. The number of esters is 1. The van der Waals surface area contributed by atoms with E-state index in [-0.39, 0.29) is 11.2 Å². The van der Waals surface area contributed by atoms with Crippen molar-refractivity contribution in [2.24, 2.45) is 5.41 Å². The lowest BCUT2D eigenvalue weighted by Crippen LogP contribution is -2.33. The lowest BCUT2D eigenvalue weighted by atomic mass is 9.88. The third kappa shape index (κ3) is 4.43. The van der Waals surface area contributed by atoms with Gasteiger partial charge in [-0.2, -0.15) is 0 Å². The van der Waals surface area contributed by atoms with Gasteiger partial charge in [0.05, 0.1) is 0 Å². The predicted octanol–water partition coefficient (Wildman–Crippen LogP) is 3.80. The van der Waals surface area contributed by atoms with Crippen molar-refractivity contribution in [1.29, 1.82) is 0 Å². The van der Waals surface area contributed by atoms with Gasteiger partial charge in [0.2, 0.25) is 5.76 Å². The van der Waals surface area contributed by atoms with Crippen molar-refractivity contribution in [2.75, 3.05) is 0 Å². The van der Waals surface area contributed by atoms with E-state index >= 15 is 0 Å². The second-order valence-electron chi connectivity index (χ2n) is 8.27. The third-order valence-electron chi connectivity index (χ3n) is 2.48. The van der Waals surface area contributed by atoms with Gasteiger partial charge in [-0.1, -0.05) is 20.8 Å². The minimum atomic E-state index is -0.479. The summed E-state index contributed by atoms with van der Waals surface area (Å²) in [5, 5.41) is 0. The molecule has 20 heavy (non-hydrogen) atoms. The molecule has 1 rings (SSSR count). The van der Waals surface area contributed by atoms with E-state index in [1.165, 1.54) is 0 Å². The van der Waals surface area contributed by atoms with Crippen LogP contribution in [0.3, 0.4) is 0 Å². The van der Waals surface area contributed by atoms with Gasteiger partial charge in [0.15, 0.2) is 11.9 Å². The largest absolute Gasteiger partial charge is 0.484 e. The minimum Gasteiger partial charge on any atom is -0.484 e. The van der Waals surface area contributed by atoms with Crippen LogP contribution in [0.1, 0.15) is 62.3 Å². The highest BCUT2D eigenvalue weighted by Crippen LogP contribution is 2.39. The maximum Gasteiger partial charge on any atom is 0.378 e. The Labute approximate surface area is 122 Å². The van der Waals surface area contributed by atoms with Crippen LogP contribution in [-0.4, -0.2) is 23.3 Å². The van der Waals surface area contributed by atoms with Gasteiger partial charge in [-0.25, -0.2) is 4.79 Å². The summed E-state index contributed by atoms with van der Waals surface area (Å²) in [5.41, 5.74) is -1.15. The van der Waals surface area contributed by atoms with Crippen molar-refractivity contribution in [2.45, 2.75) is 79.6 Å². The first-order valence-electron chi connectivity index (χ1n) is 7.04. The molecule has 0 aromatic heterocycles. The molecule has 0 saturated carbocycles. The Bertz CT molecular complexity index is 413. The van der Waals surface area contributed by atoms with Crippen molar-refractivity contribution in [3.8, 4) is 0 Å². The second-order valence-corrected chi connectivity index (χ2v) is 8.27. The van der Waals surface area contributed by atoms with Crippen molar-refractivity contribution in [3.05, 3.63) is 11.5 Å². The van der Waals surface area contributed by atoms with Crippen LogP contribution in [0.5, 0.6) is 0 Å². The smallest absolute Gasteiger partial charge is 0.378 e. The normalized spacial score (nSPS) is 21.1. The van der Waals surface area contributed by atoms with Crippen molar-refractivity contribution < 1.29 is 19.0 Å². The average Bonchev–Trinajstić information content (AvgIpc) is 2.40. The monoisotopic (exact) mass is 284 g/mol. The first kappa shape index (κ1) is 16.9. The van der Waals surface area contributed by atoms with E-state index < -0.39 is 23.3 Å².